The van der Waals surface area contributed by atoms with E-state index in [1.165, 1.54) is 62.5 Å². The Bertz CT molecular complexity index is 682. The van der Waals surface area contributed by atoms with Crippen molar-refractivity contribution in [3.63, 3.8) is 0 Å². The number of carbonyl (C=O) groups is 2. The topological polar surface area (TPSA) is 64.6 Å². The summed E-state index contributed by atoms with van der Waals surface area (Å²) in [6.45, 7) is 7.05. The summed E-state index contributed by atoms with van der Waals surface area (Å²) in [5, 5.41) is 3.53. The van der Waals surface area contributed by atoms with Crippen molar-refractivity contribution >= 4 is 11.9 Å². The van der Waals surface area contributed by atoms with Crippen molar-refractivity contribution in [2.24, 2.45) is 5.41 Å². The normalized spacial score (nSPS) is 17.1. The second-order valence-electron chi connectivity index (χ2n) is 9.39. The van der Waals surface area contributed by atoms with Crippen LogP contribution in [0.5, 0.6) is 0 Å². The maximum Gasteiger partial charge on any atom is 0.323 e. The van der Waals surface area contributed by atoms with Gasteiger partial charge in [0.05, 0.1) is 13.2 Å². The second-order valence-corrected chi connectivity index (χ2v) is 9.39. The van der Waals surface area contributed by atoms with E-state index in [1.54, 1.807) is 13.8 Å². The Morgan fingerprint density at radius 2 is 1.39 bits per heavy atom. The first-order valence-corrected chi connectivity index (χ1v) is 13.2. The molecule has 186 valence electrons. The first-order chi connectivity index (χ1) is 16.1. The largest absolute Gasteiger partial charge is 0.465 e. The predicted octanol–water partition coefficient (Wildman–Crippen LogP) is 6.12. The SMILES string of the molecule is CCCCCCCCCCc1ccc(CNC2CCC(C(=O)OCC)(C(=O)OCC)C2)cc1. The first-order valence-electron chi connectivity index (χ1n) is 13.2. The Balaban J connectivity index is 1.74. The Labute approximate surface area is 201 Å². The van der Waals surface area contributed by atoms with Gasteiger partial charge in [-0.25, -0.2) is 0 Å². The fourth-order valence-electron chi connectivity index (χ4n) is 4.76. The van der Waals surface area contributed by atoms with Crippen LogP contribution in [0.2, 0.25) is 0 Å². The zero-order valence-electron chi connectivity index (χ0n) is 21.1. The lowest BCUT2D eigenvalue weighted by atomic mass is 9.86. The van der Waals surface area contributed by atoms with Gasteiger partial charge in [0.2, 0.25) is 0 Å². The van der Waals surface area contributed by atoms with Gasteiger partial charge in [-0.05, 0) is 57.1 Å². The molecule has 0 aliphatic heterocycles. The summed E-state index contributed by atoms with van der Waals surface area (Å²) in [5.41, 5.74) is 1.46. The lowest BCUT2D eigenvalue weighted by Gasteiger charge is -2.24. The molecule has 1 fully saturated rings. The molecule has 0 aromatic heterocycles. The number of hydrogen-bond acceptors (Lipinski definition) is 5. The number of rotatable bonds is 16. The number of hydrogen-bond donors (Lipinski definition) is 1. The van der Waals surface area contributed by atoms with Crippen LogP contribution in [0.3, 0.4) is 0 Å². The third-order valence-corrected chi connectivity index (χ3v) is 6.78. The number of carbonyl (C=O) groups excluding carboxylic acids is 2. The number of esters is 2. The Morgan fingerprint density at radius 1 is 0.848 bits per heavy atom. The van der Waals surface area contributed by atoms with E-state index in [0.717, 1.165) is 19.4 Å². The fourth-order valence-corrected chi connectivity index (χ4v) is 4.76. The summed E-state index contributed by atoms with van der Waals surface area (Å²) in [6, 6.07) is 8.93. The van der Waals surface area contributed by atoms with Gasteiger partial charge in [-0.15, -0.1) is 0 Å². The van der Waals surface area contributed by atoms with Gasteiger partial charge in [-0.3, -0.25) is 9.59 Å². The number of nitrogens with one attached hydrogen (secondary N) is 1. The molecular formula is C28H45NO4. The van der Waals surface area contributed by atoms with Gasteiger partial charge in [0.25, 0.3) is 0 Å². The summed E-state index contributed by atoms with van der Waals surface area (Å²) in [7, 11) is 0. The molecule has 1 unspecified atom stereocenters. The monoisotopic (exact) mass is 459 g/mol. The van der Waals surface area contributed by atoms with Gasteiger partial charge >= 0.3 is 11.9 Å². The van der Waals surface area contributed by atoms with Crippen LogP contribution in [0.1, 0.15) is 103 Å². The molecule has 2 rings (SSSR count). The summed E-state index contributed by atoms with van der Waals surface area (Å²) in [5.74, 6) is -0.892. The van der Waals surface area contributed by atoms with Crippen molar-refractivity contribution in [3.8, 4) is 0 Å². The van der Waals surface area contributed by atoms with Crippen LogP contribution >= 0.6 is 0 Å². The van der Waals surface area contributed by atoms with Crippen LogP contribution in [-0.4, -0.2) is 31.2 Å². The number of ether oxygens (including phenoxy) is 2. The van der Waals surface area contributed by atoms with Gasteiger partial charge in [-0.1, -0.05) is 76.1 Å². The third kappa shape index (κ3) is 8.77. The van der Waals surface area contributed by atoms with Crippen molar-refractivity contribution in [3.05, 3.63) is 35.4 Å². The number of benzene rings is 1. The molecule has 0 radical (unpaired) electrons. The number of unbranched alkanes of at least 4 members (excludes halogenated alkanes) is 7. The molecule has 1 atom stereocenters. The average Bonchev–Trinajstić information content (AvgIpc) is 3.26. The third-order valence-electron chi connectivity index (χ3n) is 6.78. The fraction of sp³-hybridized carbons (Fsp3) is 0.714. The lowest BCUT2D eigenvalue weighted by Crippen LogP contribution is -2.41. The highest BCUT2D eigenvalue weighted by molar-refractivity contribution is 6.00. The highest BCUT2D eigenvalue weighted by atomic mass is 16.6. The summed E-state index contributed by atoms with van der Waals surface area (Å²) < 4.78 is 10.4. The Kier molecular flexibility index (Phi) is 12.5. The molecule has 1 aromatic carbocycles. The van der Waals surface area contributed by atoms with Crippen LogP contribution in [0.25, 0.3) is 0 Å². The molecule has 0 amide bonds. The van der Waals surface area contributed by atoms with E-state index >= 15 is 0 Å². The van der Waals surface area contributed by atoms with Crippen LogP contribution in [0, 0.1) is 5.41 Å². The molecule has 0 heterocycles. The van der Waals surface area contributed by atoms with Gasteiger partial charge < -0.3 is 14.8 Å². The molecule has 5 heteroatoms. The molecule has 0 bridgehead atoms. The average molecular weight is 460 g/mol. The zero-order chi connectivity index (χ0) is 23.9. The van der Waals surface area contributed by atoms with Gasteiger partial charge in [-0.2, -0.15) is 0 Å². The van der Waals surface area contributed by atoms with E-state index in [1.807, 2.05) is 0 Å². The minimum Gasteiger partial charge on any atom is -0.465 e. The summed E-state index contributed by atoms with van der Waals surface area (Å²) in [4.78, 5) is 25.2. The van der Waals surface area contributed by atoms with Gasteiger partial charge in [0.15, 0.2) is 5.41 Å². The summed E-state index contributed by atoms with van der Waals surface area (Å²) >= 11 is 0. The molecule has 1 aromatic rings. The highest BCUT2D eigenvalue weighted by Gasteiger charge is 2.53. The van der Waals surface area contributed by atoms with Gasteiger partial charge in [0, 0.05) is 12.6 Å². The van der Waals surface area contributed by atoms with Crippen molar-refractivity contribution in [2.45, 2.75) is 110 Å². The molecule has 1 saturated carbocycles. The zero-order valence-corrected chi connectivity index (χ0v) is 21.1. The molecule has 1 aliphatic carbocycles. The van der Waals surface area contributed by atoms with E-state index < -0.39 is 17.4 Å². The molecule has 1 N–H and O–H groups in total. The molecular weight excluding hydrogens is 414 g/mol. The van der Waals surface area contributed by atoms with Crippen LogP contribution < -0.4 is 5.32 Å². The smallest absolute Gasteiger partial charge is 0.323 e. The van der Waals surface area contributed by atoms with E-state index in [4.69, 9.17) is 9.47 Å². The molecule has 5 nitrogen and oxygen atoms in total. The Morgan fingerprint density at radius 3 is 1.97 bits per heavy atom. The van der Waals surface area contributed by atoms with Crippen LogP contribution in [-0.2, 0) is 32.0 Å². The van der Waals surface area contributed by atoms with Crippen molar-refractivity contribution < 1.29 is 19.1 Å². The van der Waals surface area contributed by atoms with E-state index in [2.05, 4.69) is 36.5 Å². The highest BCUT2D eigenvalue weighted by Crippen LogP contribution is 2.41. The van der Waals surface area contributed by atoms with E-state index in [0.29, 0.717) is 12.8 Å². The van der Waals surface area contributed by atoms with Crippen molar-refractivity contribution in [2.75, 3.05) is 13.2 Å². The summed E-state index contributed by atoms with van der Waals surface area (Å²) in [6.07, 6.45) is 13.6. The van der Waals surface area contributed by atoms with Crippen molar-refractivity contribution in [1.29, 1.82) is 0 Å². The van der Waals surface area contributed by atoms with Crippen LogP contribution in [0.15, 0.2) is 24.3 Å². The van der Waals surface area contributed by atoms with Gasteiger partial charge in [0.1, 0.15) is 0 Å². The molecule has 1 aliphatic rings. The predicted molar refractivity (Wildman–Crippen MR) is 133 cm³/mol. The second kappa shape index (κ2) is 15.1. The maximum atomic E-state index is 12.6. The van der Waals surface area contributed by atoms with E-state index in [-0.39, 0.29) is 19.3 Å². The maximum absolute atomic E-state index is 12.6. The first kappa shape index (κ1) is 27.4. The lowest BCUT2D eigenvalue weighted by molar-refractivity contribution is -0.171. The van der Waals surface area contributed by atoms with Crippen molar-refractivity contribution in [1.82, 2.24) is 5.32 Å². The molecule has 0 spiro atoms. The van der Waals surface area contributed by atoms with Crippen LogP contribution in [0.4, 0.5) is 0 Å². The minimum atomic E-state index is -1.16. The molecule has 33 heavy (non-hydrogen) atoms. The Hall–Kier alpha value is -1.88. The van der Waals surface area contributed by atoms with E-state index in [9.17, 15) is 9.59 Å². The standard InChI is InChI=1S/C28H45NO4/c1-4-7-8-9-10-11-12-13-14-23-15-17-24(18-16-23)22-29-25-19-20-28(21-25,26(30)32-5-2)27(31)33-6-3/h15-18,25,29H,4-14,19-22H2,1-3H3. The minimum absolute atomic E-state index is 0.0933. The quantitative estimate of drug-likeness (QED) is 0.183. The molecule has 0 saturated heterocycles. The number of aryl methyl sites for hydroxylation is 1.